The number of nitrogens with zero attached hydrogens (tertiary/aromatic N) is 1. The maximum Gasteiger partial charge on any atom is 0.255 e. The third-order valence-corrected chi connectivity index (χ3v) is 5.75. The van der Waals surface area contributed by atoms with E-state index in [0.717, 1.165) is 0 Å². The Labute approximate surface area is 160 Å². The zero-order chi connectivity index (χ0) is 19.7. The van der Waals surface area contributed by atoms with Gasteiger partial charge in [0.25, 0.3) is 5.91 Å². The zero-order valence-corrected chi connectivity index (χ0v) is 16.2. The Morgan fingerprint density at radius 1 is 0.963 bits per heavy atom. The molecule has 2 aromatic rings. The number of carbonyl (C=O) groups excluding carboxylic acids is 1. The van der Waals surface area contributed by atoms with Gasteiger partial charge in [-0.3, -0.25) is 4.79 Å². The molecule has 8 heteroatoms. The molecular weight excluding hydrogens is 368 g/mol. The lowest BCUT2D eigenvalue weighted by Crippen LogP contribution is -2.36. The van der Waals surface area contributed by atoms with Gasteiger partial charge in [-0.05, 0) is 30.3 Å². The van der Waals surface area contributed by atoms with Crippen LogP contribution in [0.1, 0.15) is 10.4 Å². The summed E-state index contributed by atoms with van der Waals surface area (Å²) < 4.78 is 37.2. The van der Waals surface area contributed by atoms with E-state index in [4.69, 9.17) is 9.47 Å². The molecule has 0 atom stereocenters. The Morgan fingerprint density at radius 3 is 2.19 bits per heavy atom. The molecule has 0 saturated heterocycles. The first-order valence-electron chi connectivity index (χ1n) is 8.43. The lowest BCUT2D eigenvalue weighted by Gasteiger charge is -2.21. The Hall–Kier alpha value is -2.26. The maximum absolute atomic E-state index is 13.0. The molecule has 27 heavy (non-hydrogen) atoms. The van der Waals surface area contributed by atoms with Crippen molar-refractivity contribution in [3.63, 3.8) is 0 Å². The molecule has 1 amide bonds. The maximum atomic E-state index is 13.0. The second-order valence-electron chi connectivity index (χ2n) is 5.74. The molecule has 1 N–H and O–H groups in total. The summed E-state index contributed by atoms with van der Waals surface area (Å²) in [5.74, 6) is -0.376. The molecule has 0 heterocycles. The molecule has 0 radical (unpaired) electrons. The van der Waals surface area contributed by atoms with Gasteiger partial charge in [-0.1, -0.05) is 24.3 Å². The molecule has 146 valence electrons. The topological polar surface area (TPSA) is 84.9 Å². The fourth-order valence-electron chi connectivity index (χ4n) is 2.41. The zero-order valence-electron chi connectivity index (χ0n) is 15.4. The smallest absolute Gasteiger partial charge is 0.255 e. The minimum absolute atomic E-state index is 0.0513. The average Bonchev–Trinajstić information content (AvgIpc) is 2.68. The van der Waals surface area contributed by atoms with Crippen LogP contribution in [0.15, 0.2) is 59.5 Å². The number of ether oxygens (including phenoxy) is 2. The number of hydrogen-bond acceptors (Lipinski definition) is 5. The first-order valence-corrected chi connectivity index (χ1v) is 9.87. The van der Waals surface area contributed by atoms with Crippen LogP contribution in [0, 0.1) is 0 Å². The molecule has 0 aliphatic heterocycles. The molecule has 0 aliphatic carbocycles. The fourth-order valence-corrected chi connectivity index (χ4v) is 3.86. The third kappa shape index (κ3) is 5.86. The minimum atomic E-state index is -3.78. The lowest BCUT2D eigenvalue weighted by molar-refractivity contribution is 0.102. The van der Waals surface area contributed by atoms with Gasteiger partial charge in [-0.2, -0.15) is 4.31 Å². The van der Waals surface area contributed by atoms with E-state index in [9.17, 15) is 13.2 Å². The quantitative estimate of drug-likeness (QED) is 0.670. The van der Waals surface area contributed by atoms with Gasteiger partial charge in [0.05, 0.1) is 18.1 Å². The summed E-state index contributed by atoms with van der Waals surface area (Å²) in [7, 11) is -0.762. The summed E-state index contributed by atoms with van der Waals surface area (Å²) in [5, 5.41) is 2.75. The molecule has 0 bridgehead atoms. The predicted octanol–water partition coefficient (Wildman–Crippen LogP) is 2.22. The summed E-state index contributed by atoms with van der Waals surface area (Å²) >= 11 is 0. The Balaban J connectivity index is 2.23. The number of methoxy groups -OCH3 is 2. The molecule has 0 aliphatic rings. The number of benzene rings is 2. The highest BCUT2D eigenvalue weighted by atomic mass is 32.2. The van der Waals surface area contributed by atoms with Gasteiger partial charge in [0, 0.05) is 38.6 Å². The van der Waals surface area contributed by atoms with Crippen LogP contribution in [0.3, 0.4) is 0 Å². The van der Waals surface area contributed by atoms with Crippen LogP contribution in [0.5, 0.6) is 0 Å². The molecule has 0 unspecified atom stereocenters. The number of nitrogens with one attached hydrogen (secondary N) is 1. The second-order valence-corrected chi connectivity index (χ2v) is 7.68. The van der Waals surface area contributed by atoms with Crippen molar-refractivity contribution in [2.24, 2.45) is 0 Å². The highest BCUT2D eigenvalue weighted by Crippen LogP contribution is 2.18. The van der Waals surface area contributed by atoms with Gasteiger partial charge in [-0.15, -0.1) is 0 Å². The van der Waals surface area contributed by atoms with E-state index >= 15 is 0 Å². The van der Waals surface area contributed by atoms with Crippen molar-refractivity contribution in [2.45, 2.75) is 4.90 Å². The van der Waals surface area contributed by atoms with Crippen molar-refractivity contribution in [1.82, 2.24) is 4.31 Å². The Kier molecular flexibility index (Phi) is 7.93. The summed E-state index contributed by atoms with van der Waals surface area (Å²) in [6, 6.07) is 15.0. The van der Waals surface area contributed by atoms with Crippen molar-refractivity contribution in [2.75, 3.05) is 45.8 Å². The number of carbonyl (C=O) groups is 1. The molecule has 2 aromatic carbocycles. The Bertz CT molecular complexity index is 832. The van der Waals surface area contributed by atoms with Crippen LogP contribution in [0.4, 0.5) is 5.69 Å². The SMILES string of the molecule is COCCN(CCOC)S(=O)(=O)c1cccc(C(=O)Nc2ccccc2)c1. The minimum Gasteiger partial charge on any atom is -0.383 e. The van der Waals surface area contributed by atoms with Gasteiger partial charge in [-0.25, -0.2) is 8.42 Å². The van der Waals surface area contributed by atoms with Crippen LogP contribution in [-0.4, -0.2) is 59.2 Å². The number of hydrogen-bond donors (Lipinski definition) is 1. The predicted molar refractivity (Wildman–Crippen MR) is 103 cm³/mol. The van der Waals surface area contributed by atoms with Gasteiger partial charge < -0.3 is 14.8 Å². The molecular formula is C19H24N2O5S. The van der Waals surface area contributed by atoms with Crippen molar-refractivity contribution >= 4 is 21.6 Å². The van der Waals surface area contributed by atoms with Crippen molar-refractivity contribution in [3.05, 3.63) is 60.2 Å². The highest BCUT2D eigenvalue weighted by Gasteiger charge is 2.25. The van der Waals surface area contributed by atoms with E-state index < -0.39 is 10.0 Å². The third-order valence-electron chi connectivity index (χ3n) is 3.86. The van der Waals surface area contributed by atoms with E-state index in [1.807, 2.05) is 6.07 Å². The standard InChI is InChI=1S/C19H24N2O5S/c1-25-13-11-21(12-14-26-2)27(23,24)18-10-6-7-16(15-18)19(22)20-17-8-4-3-5-9-17/h3-10,15H,11-14H2,1-2H3,(H,20,22). The number of rotatable bonds is 10. The van der Waals surface area contributed by atoms with E-state index in [-0.39, 0.29) is 42.7 Å². The van der Waals surface area contributed by atoms with Gasteiger partial charge in [0.15, 0.2) is 0 Å². The van der Waals surface area contributed by atoms with Crippen LogP contribution < -0.4 is 5.32 Å². The normalized spacial score (nSPS) is 11.5. The number of amides is 1. The molecule has 7 nitrogen and oxygen atoms in total. The monoisotopic (exact) mass is 392 g/mol. The average molecular weight is 392 g/mol. The molecule has 0 fully saturated rings. The summed E-state index contributed by atoms with van der Waals surface area (Å²) in [6.45, 7) is 0.916. The summed E-state index contributed by atoms with van der Waals surface area (Å²) in [5.41, 5.74) is 0.899. The number of para-hydroxylation sites is 1. The molecule has 0 spiro atoms. The highest BCUT2D eigenvalue weighted by molar-refractivity contribution is 7.89. The van der Waals surface area contributed by atoms with Crippen molar-refractivity contribution < 1.29 is 22.7 Å². The van der Waals surface area contributed by atoms with Crippen LogP contribution in [0.2, 0.25) is 0 Å². The summed E-state index contributed by atoms with van der Waals surface area (Å²) in [4.78, 5) is 12.5. The first kappa shape index (κ1) is 21.0. The summed E-state index contributed by atoms with van der Waals surface area (Å²) in [6.07, 6.45) is 0. The molecule has 0 saturated carbocycles. The van der Waals surface area contributed by atoms with Crippen LogP contribution >= 0.6 is 0 Å². The molecule has 0 aromatic heterocycles. The van der Waals surface area contributed by atoms with Gasteiger partial charge >= 0.3 is 0 Å². The van der Waals surface area contributed by atoms with Crippen molar-refractivity contribution in [1.29, 1.82) is 0 Å². The van der Waals surface area contributed by atoms with Crippen LogP contribution in [0.25, 0.3) is 0 Å². The number of sulfonamides is 1. The largest absolute Gasteiger partial charge is 0.383 e. The van der Waals surface area contributed by atoms with E-state index in [1.54, 1.807) is 36.4 Å². The van der Waals surface area contributed by atoms with Gasteiger partial charge in [0.1, 0.15) is 0 Å². The first-order chi connectivity index (χ1) is 13.0. The van der Waals surface area contributed by atoms with E-state index in [2.05, 4.69) is 5.32 Å². The van der Waals surface area contributed by atoms with Crippen molar-refractivity contribution in [3.8, 4) is 0 Å². The van der Waals surface area contributed by atoms with E-state index in [1.165, 1.54) is 30.7 Å². The lowest BCUT2D eigenvalue weighted by atomic mass is 10.2. The second kappa shape index (κ2) is 10.2. The van der Waals surface area contributed by atoms with Crippen LogP contribution in [-0.2, 0) is 19.5 Å². The molecule has 2 rings (SSSR count). The number of anilines is 1. The van der Waals surface area contributed by atoms with Gasteiger partial charge in [0.2, 0.25) is 10.0 Å². The fraction of sp³-hybridized carbons (Fsp3) is 0.316. The Morgan fingerprint density at radius 2 is 1.59 bits per heavy atom. The van der Waals surface area contributed by atoms with E-state index in [0.29, 0.717) is 5.69 Å².